The molecule has 13 heavy (non-hydrogen) atoms. The maximum absolute atomic E-state index is 11.3. The molecule has 1 saturated heterocycles. The largest absolute Gasteiger partial charge is 0.396 e. The van der Waals surface area contributed by atoms with Crippen molar-refractivity contribution in [1.82, 2.24) is 0 Å². The molecule has 1 aliphatic heterocycles. The predicted octanol–water partition coefficient (Wildman–Crippen LogP) is -1.16. The third-order valence-corrected chi connectivity index (χ3v) is 5.36. The number of sulfone groups is 1. The Labute approximate surface area is 78.0 Å². The highest BCUT2D eigenvalue weighted by atomic mass is 32.2. The van der Waals surface area contributed by atoms with E-state index in [2.05, 4.69) is 0 Å². The number of rotatable bonds is 2. The molecule has 1 saturated carbocycles. The van der Waals surface area contributed by atoms with Gasteiger partial charge in [-0.1, -0.05) is 0 Å². The van der Waals surface area contributed by atoms with Gasteiger partial charge in [-0.25, -0.2) is 8.42 Å². The van der Waals surface area contributed by atoms with Gasteiger partial charge in [0, 0.05) is 6.61 Å². The second kappa shape index (κ2) is 2.93. The van der Waals surface area contributed by atoms with E-state index in [0.29, 0.717) is 6.54 Å². The van der Waals surface area contributed by atoms with Gasteiger partial charge in [0.15, 0.2) is 9.84 Å². The van der Waals surface area contributed by atoms with E-state index in [4.69, 9.17) is 10.8 Å². The van der Waals surface area contributed by atoms with Crippen LogP contribution in [0.3, 0.4) is 0 Å². The van der Waals surface area contributed by atoms with Crippen molar-refractivity contribution in [3.8, 4) is 0 Å². The summed E-state index contributed by atoms with van der Waals surface area (Å²) in [6, 6.07) is 0. The number of aliphatic hydroxyl groups is 1. The average Bonchev–Trinajstić information content (AvgIpc) is 2.30. The molecule has 0 aromatic rings. The van der Waals surface area contributed by atoms with Crippen LogP contribution in [0, 0.1) is 23.7 Å². The summed E-state index contributed by atoms with van der Waals surface area (Å²) in [6.07, 6.45) is 0. The van der Waals surface area contributed by atoms with Gasteiger partial charge in [-0.2, -0.15) is 0 Å². The summed E-state index contributed by atoms with van der Waals surface area (Å²) in [6.45, 7) is 0.584. The molecule has 2 fully saturated rings. The van der Waals surface area contributed by atoms with Gasteiger partial charge in [-0.15, -0.1) is 0 Å². The summed E-state index contributed by atoms with van der Waals surface area (Å²) in [5, 5.41) is 9.05. The normalized spacial score (nSPS) is 46.9. The Morgan fingerprint density at radius 2 is 1.77 bits per heavy atom. The molecular formula is C8H15NO3S. The number of hydrogen-bond acceptors (Lipinski definition) is 4. The van der Waals surface area contributed by atoms with Crippen molar-refractivity contribution in [1.29, 1.82) is 0 Å². The lowest BCUT2D eigenvalue weighted by molar-refractivity contribution is -0.0169. The molecule has 4 atom stereocenters. The summed E-state index contributed by atoms with van der Waals surface area (Å²) in [4.78, 5) is 0. The molecule has 0 aromatic carbocycles. The fraction of sp³-hybridized carbons (Fsp3) is 1.00. The topological polar surface area (TPSA) is 80.4 Å². The van der Waals surface area contributed by atoms with Crippen LogP contribution in [0.25, 0.3) is 0 Å². The van der Waals surface area contributed by atoms with E-state index < -0.39 is 9.84 Å². The first-order valence-corrected chi connectivity index (χ1v) is 6.42. The molecule has 1 aliphatic carbocycles. The van der Waals surface area contributed by atoms with Crippen LogP contribution in [0.2, 0.25) is 0 Å². The highest BCUT2D eigenvalue weighted by Gasteiger charge is 2.55. The summed E-state index contributed by atoms with van der Waals surface area (Å²) in [5.41, 5.74) is 5.54. The van der Waals surface area contributed by atoms with Crippen molar-refractivity contribution in [2.24, 2.45) is 29.4 Å². The van der Waals surface area contributed by atoms with Crippen molar-refractivity contribution < 1.29 is 13.5 Å². The van der Waals surface area contributed by atoms with Crippen molar-refractivity contribution in [3.63, 3.8) is 0 Å². The molecule has 0 unspecified atom stereocenters. The number of fused-ring (bicyclic) bond motifs is 1. The van der Waals surface area contributed by atoms with Gasteiger partial charge in [-0.05, 0) is 30.2 Å². The van der Waals surface area contributed by atoms with Crippen molar-refractivity contribution in [3.05, 3.63) is 0 Å². The first-order valence-electron chi connectivity index (χ1n) is 4.60. The molecule has 76 valence electrons. The predicted molar refractivity (Wildman–Crippen MR) is 48.8 cm³/mol. The van der Waals surface area contributed by atoms with Crippen LogP contribution >= 0.6 is 0 Å². The molecule has 1 heterocycles. The SMILES string of the molecule is NC[C@H]1[C@H](CO)[C@@H]2CS(=O)(=O)C[C@@H]12. The highest BCUT2D eigenvalue weighted by molar-refractivity contribution is 7.91. The molecule has 3 N–H and O–H groups in total. The van der Waals surface area contributed by atoms with E-state index >= 15 is 0 Å². The van der Waals surface area contributed by atoms with Crippen LogP contribution in [0.5, 0.6) is 0 Å². The Kier molecular flexibility index (Phi) is 2.13. The maximum Gasteiger partial charge on any atom is 0.150 e. The molecular weight excluding hydrogens is 190 g/mol. The van der Waals surface area contributed by atoms with Crippen LogP contribution in [0.1, 0.15) is 0 Å². The molecule has 0 amide bonds. The Hall–Kier alpha value is -0.130. The minimum Gasteiger partial charge on any atom is -0.396 e. The minimum atomic E-state index is -2.83. The van der Waals surface area contributed by atoms with Gasteiger partial charge in [0.25, 0.3) is 0 Å². The van der Waals surface area contributed by atoms with Crippen molar-refractivity contribution in [2.75, 3.05) is 24.7 Å². The maximum atomic E-state index is 11.3. The van der Waals surface area contributed by atoms with E-state index in [1.165, 1.54) is 0 Å². The molecule has 2 aliphatic rings. The van der Waals surface area contributed by atoms with E-state index in [-0.39, 0.29) is 41.8 Å². The van der Waals surface area contributed by atoms with Crippen LogP contribution in [0.15, 0.2) is 0 Å². The van der Waals surface area contributed by atoms with E-state index in [9.17, 15) is 8.42 Å². The first kappa shape index (κ1) is 9.43. The number of aliphatic hydroxyl groups excluding tert-OH is 1. The van der Waals surface area contributed by atoms with Crippen LogP contribution < -0.4 is 5.73 Å². The molecule has 2 rings (SSSR count). The molecule has 0 radical (unpaired) electrons. The third kappa shape index (κ3) is 1.30. The van der Waals surface area contributed by atoms with Gasteiger partial charge in [0.1, 0.15) is 0 Å². The average molecular weight is 205 g/mol. The molecule has 0 aromatic heterocycles. The Morgan fingerprint density at radius 1 is 1.23 bits per heavy atom. The molecule has 4 nitrogen and oxygen atoms in total. The van der Waals surface area contributed by atoms with Crippen LogP contribution in [0.4, 0.5) is 0 Å². The van der Waals surface area contributed by atoms with E-state index in [0.717, 1.165) is 0 Å². The standard InChI is InChI=1S/C8H15NO3S/c9-1-5-6(2-10)8-4-13(11,12)3-7(5)8/h5-8,10H,1-4,9H2/t5-,6-,7-,8-/m0/s1. The van der Waals surface area contributed by atoms with Crippen molar-refractivity contribution in [2.45, 2.75) is 0 Å². The zero-order valence-corrected chi connectivity index (χ0v) is 8.20. The number of hydrogen-bond donors (Lipinski definition) is 2. The fourth-order valence-corrected chi connectivity index (χ4v) is 5.19. The van der Waals surface area contributed by atoms with Crippen LogP contribution in [-0.2, 0) is 9.84 Å². The zero-order chi connectivity index (χ0) is 9.64. The lowest BCUT2D eigenvalue weighted by Crippen LogP contribution is -2.51. The van der Waals surface area contributed by atoms with Gasteiger partial charge < -0.3 is 10.8 Å². The zero-order valence-electron chi connectivity index (χ0n) is 7.39. The molecule has 0 bridgehead atoms. The quantitative estimate of drug-likeness (QED) is 0.596. The van der Waals surface area contributed by atoms with Crippen molar-refractivity contribution >= 4 is 9.84 Å². The van der Waals surface area contributed by atoms with Gasteiger partial charge >= 0.3 is 0 Å². The Balaban J connectivity index is 2.15. The summed E-state index contributed by atoms with van der Waals surface area (Å²) >= 11 is 0. The lowest BCUT2D eigenvalue weighted by Gasteiger charge is -2.46. The Bertz CT molecular complexity index is 277. The van der Waals surface area contributed by atoms with E-state index in [1.54, 1.807) is 0 Å². The monoisotopic (exact) mass is 205 g/mol. The fourth-order valence-electron chi connectivity index (χ4n) is 2.89. The second-order valence-electron chi connectivity index (χ2n) is 4.15. The van der Waals surface area contributed by atoms with Gasteiger partial charge in [0.2, 0.25) is 0 Å². The van der Waals surface area contributed by atoms with Gasteiger partial charge in [0.05, 0.1) is 11.5 Å². The summed E-state index contributed by atoms with van der Waals surface area (Å²) in [7, 11) is -2.83. The van der Waals surface area contributed by atoms with Crippen LogP contribution in [-0.4, -0.2) is 38.2 Å². The molecule has 5 heteroatoms. The molecule has 0 spiro atoms. The number of nitrogens with two attached hydrogens (primary N) is 1. The third-order valence-electron chi connectivity index (χ3n) is 3.58. The lowest BCUT2D eigenvalue weighted by atomic mass is 9.58. The highest BCUT2D eigenvalue weighted by Crippen LogP contribution is 2.50. The second-order valence-corrected chi connectivity index (χ2v) is 6.30. The summed E-state index contributed by atoms with van der Waals surface area (Å²) < 4.78 is 22.6. The summed E-state index contributed by atoms with van der Waals surface area (Å²) in [5.74, 6) is 1.32. The minimum absolute atomic E-state index is 0.0819. The Morgan fingerprint density at radius 3 is 2.23 bits per heavy atom. The smallest absolute Gasteiger partial charge is 0.150 e. The van der Waals surface area contributed by atoms with E-state index in [1.807, 2.05) is 0 Å². The van der Waals surface area contributed by atoms with Gasteiger partial charge in [-0.3, -0.25) is 0 Å². The first-order chi connectivity index (χ1) is 6.09.